The number of rotatable bonds is 4. The molecule has 12 heteroatoms. The first kappa shape index (κ1) is 17.9. The van der Waals surface area contributed by atoms with Crippen molar-refractivity contribution < 1.29 is 19.3 Å². The number of nitrogens with one attached hydrogen (secondary N) is 1. The number of halogens is 1. The van der Waals surface area contributed by atoms with Crippen molar-refractivity contribution in [3.8, 4) is 11.4 Å². The first-order valence-corrected chi connectivity index (χ1v) is 8.15. The van der Waals surface area contributed by atoms with Crippen LogP contribution in [0.1, 0.15) is 5.82 Å². The monoisotopic (exact) mass is 389 g/mol. The number of anilines is 3. The van der Waals surface area contributed by atoms with E-state index in [9.17, 15) is 19.4 Å². The zero-order valence-electron chi connectivity index (χ0n) is 14.6. The van der Waals surface area contributed by atoms with Gasteiger partial charge in [0.2, 0.25) is 11.5 Å². The third-order valence-corrected chi connectivity index (χ3v) is 4.38. The van der Waals surface area contributed by atoms with Gasteiger partial charge in [-0.3, -0.25) is 0 Å². The Morgan fingerprint density at radius 3 is 2.79 bits per heavy atom. The van der Waals surface area contributed by atoms with E-state index >= 15 is 0 Å². The number of aromatic nitrogens is 5. The van der Waals surface area contributed by atoms with E-state index in [2.05, 4.69) is 20.4 Å². The molecule has 0 bridgehead atoms. The van der Waals surface area contributed by atoms with E-state index in [1.54, 1.807) is 18.2 Å². The third kappa shape index (κ3) is 2.58. The van der Waals surface area contributed by atoms with Crippen molar-refractivity contribution in [1.82, 2.24) is 24.3 Å². The molecule has 0 saturated heterocycles. The number of hydrogen-bond donors (Lipinski definition) is 4. The molecule has 0 amide bonds. The fourth-order valence-electron chi connectivity index (χ4n) is 2.91. The fraction of sp³-hybridized carbons (Fsp3) is 0.250. The Balaban J connectivity index is 1.81. The van der Waals surface area contributed by atoms with E-state index in [-0.39, 0.29) is 23.3 Å². The highest BCUT2D eigenvalue weighted by Gasteiger charge is 2.44. The molecule has 0 saturated carbocycles. The number of nitrogen functional groups attached to an aromatic ring is 1. The van der Waals surface area contributed by atoms with Crippen LogP contribution in [0, 0.1) is 5.82 Å². The van der Waals surface area contributed by atoms with Crippen LogP contribution in [-0.2, 0) is 12.6 Å². The summed E-state index contributed by atoms with van der Waals surface area (Å²) in [5, 5.41) is 26.5. The summed E-state index contributed by atoms with van der Waals surface area (Å²) in [6, 6.07) is 4.73. The van der Waals surface area contributed by atoms with Crippen LogP contribution in [-0.4, -0.2) is 47.7 Å². The van der Waals surface area contributed by atoms with E-state index in [0.29, 0.717) is 11.4 Å². The number of nitrogens with zero attached hydrogens (tertiary/aromatic N) is 5. The largest absolute Gasteiger partial charge is 0.472 e. The van der Waals surface area contributed by atoms with Crippen LogP contribution in [0.15, 0.2) is 29.2 Å². The van der Waals surface area contributed by atoms with Crippen molar-refractivity contribution in [2.24, 2.45) is 7.05 Å². The van der Waals surface area contributed by atoms with Crippen molar-refractivity contribution in [2.75, 3.05) is 24.3 Å². The van der Waals surface area contributed by atoms with Gasteiger partial charge in [-0.2, -0.15) is 10.1 Å². The quantitative estimate of drug-likeness (QED) is 0.458. The Morgan fingerprint density at radius 1 is 1.36 bits per heavy atom. The minimum absolute atomic E-state index is 0.0643. The molecule has 0 fully saturated rings. The van der Waals surface area contributed by atoms with Crippen LogP contribution in [0.3, 0.4) is 0 Å². The molecule has 3 heterocycles. The second kappa shape index (κ2) is 6.28. The van der Waals surface area contributed by atoms with Crippen LogP contribution in [0.4, 0.5) is 21.8 Å². The molecular weight excluding hydrogens is 373 g/mol. The highest BCUT2D eigenvalue weighted by atomic mass is 19.1. The van der Waals surface area contributed by atoms with Crippen molar-refractivity contribution in [2.45, 2.75) is 5.60 Å². The Bertz CT molecular complexity index is 1120. The first-order valence-electron chi connectivity index (χ1n) is 8.15. The van der Waals surface area contributed by atoms with Gasteiger partial charge in [0.05, 0.1) is 25.1 Å². The number of fused-ring (bicyclic) bond motifs is 3. The van der Waals surface area contributed by atoms with Gasteiger partial charge in [0.25, 0.3) is 0 Å². The summed E-state index contributed by atoms with van der Waals surface area (Å²) in [6.45, 7) is -1.16. The lowest BCUT2D eigenvalue weighted by molar-refractivity contribution is -0.0513. The van der Waals surface area contributed by atoms with E-state index in [4.69, 9.17) is 10.5 Å². The van der Waals surface area contributed by atoms with Gasteiger partial charge >= 0.3 is 5.69 Å². The predicted molar refractivity (Wildman–Crippen MR) is 95.0 cm³/mol. The van der Waals surface area contributed by atoms with E-state index < -0.39 is 30.3 Å². The molecule has 0 unspecified atom stereocenters. The van der Waals surface area contributed by atoms with Gasteiger partial charge in [-0.1, -0.05) is 0 Å². The summed E-state index contributed by atoms with van der Waals surface area (Å²) in [6.07, 6.45) is 0.937. The van der Waals surface area contributed by atoms with Crippen LogP contribution < -0.4 is 21.5 Å². The Kier molecular flexibility index (Phi) is 4.01. The standard InChI is InChI=1S/C16H16FN7O4/c1-23-15(27)24-10-4-8(20-14-19-5-9(17)12(18)21-14)2-3-11(10)28-16(6-25,7-26)13(24)22-23/h2-5,25-26H,6-7H2,1H3,(H3,18,19,20,21). The average molecular weight is 389 g/mol. The number of benzene rings is 1. The lowest BCUT2D eigenvalue weighted by atomic mass is 10.0. The smallest absolute Gasteiger partial charge is 0.350 e. The number of aliphatic hydroxyl groups excluding tert-OH is 2. The molecule has 0 spiro atoms. The van der Waals surface area contributed by atoms with Gasteiger partial charge in [0.1, 0.15) is 5.75 Å². The number of hydrogen-bond acceptors (Lipinski definition) is 9. The Hall–Kier alpha value is -3.51. The normalized spacial score (nSPS) is 14.1. The molecule has 1 aliphatic heterocycles. The van der Waals surface area contributed by atoms with Crippen molar-refractivity contribution >= 4 is 17.5 Å². The summed E-state index contributed by atoms with van der Waals surface area (Å²) >= 11 is 0. The second-order valence-electron chi connectivity index (χ2n) is 6.21. The topological polar surface area (TPSA) is 153 Å². The van der Waals surface area contributed by atoms with Gasteiger partial charge in [0.15, 0.2) is 17.5 Å². The zero-order chi connectivity index (χ0) is 20.1. The molecule has 3 aromatic rings. The summed E-state index contributed by atoms with van der Waals surface area (Å²) in [4.78, 5) is 20.2. The van der Waals surface area contributed by atoms with Crippen LogP contribution in [0.5, 0.6) is 5.75 Å². The maximum atomic E-state index is 13.2. The highest BCUT2D eigenvalue weighted by Crippen LogP contribution is 2.38. The maximum Gasteiger partial charge on any atom is 0.350 e. The summed E-state index contributed by atoms with van der Waals surface area (Å²) in [5.74, 6) is -0.650. The SMILES string of the molecule is Cn1nc2n(c1=O)-c1cc(Nc3ncc(F)c(N)n3)ccc1OC2(CO)CO. The van der Waals surface area contributed by atoms with Crippen LogP contribution >= 0.6 is 0 Å². The van der Waals surface area contributed by atoms with Gasteiger partial charge in [-0.25, -0.2) is 23.4 Å². The predicted octanol–water partition coefficient (Wildman–Crippen LogP) is -0.602. The molecule has 11 nitrogen and oxygen atoms in total. The average Bonchev–Trinajstić information content (AvgIpc) is 3.00. The molecule has 0 aliphatic carbocycles. The summed E-state index contributed by atoms with van der Waals surface area (Å²) < 4.78 is 21.3. The fourth-order valence-corrected chi connectivity index (χ4v) is 2.91. The molecule has 0 radical (unpaired) electrons. The minimum Gasteiger partial charge on any atom is -0.472 e. The lowest BCUT2D eigenvalue weighted by Gasteiger charge is -2.34. The van der Waals surface area contributed by atoms with Crippen molar-refractivity contribution in [1.29, 1.82) is 0 Å². The number of nitrogens with two attached hydrogens (primary N) is 1. The molecule has 1 aliphatic rings. The minimum atomic E-state index is -1.56. The molecule has 4 rings (SSSR count). The molecule has 28 heavy (non-hydrogen) atoms. The van der Waals surface area contributed by atoms with Gasteiger partial charge in [0, 0.05) is 12.7 Å². The first-order chi connectivity index (χ1) is 13.4. The van der Waals surface area contributed by atoms with E-state index in [0.717, 1.165) is 10.9 Å². The molecule has 1 aromatic carbocycles. The Morgan fingerprint density at radius 2 is 2.11 bits per heavy atom. The Labute approximate surface area is 156 Å². The summed E-state index contributed by atoms with van der Waals surface area (Å²) in [5.41, 5.74) is 4.21. The summed E-state index contributed by atoms with van der Waals surface area (Å²) in [7, 11) is 1.45. The molecule has 146 valence electrons. The van der Waals surface area contributed by atoms with Crippen LogP contribution in [0.25, 0.3) is 5.69 Å². The van der Waals surface area contributed by atoms with Crippen molar-refractivity contribution in [3.05, 3.63) is 46.5 Å². The lowest BCUT2D eigenvalue weighted by Crippen LogP contribution is -2.46. The van der Waals surface area contributed by atoms with E-state index in [1.807, 2.05) is 0 Å². The maximum absolute atomic E-state index is 13.2. The zero-order valence-corrected chi connectivity index (χ0v) is 14.6. The van der Waals surface area contributed by atoms with Crippen LogP contribution in [0.2, 0.25) is 0 Å². The van der Waals surface area contributed by atoms with E-state index in [1.165, 1.54) is 11.6 Å². The van der Waals surface area contributed by atoms with Gasteiger partial charge in [-0.05, 0) is 18.2 Å². The van der Waals surface area contributed by atoms with Gasteiger partial charge < -0.3 is 26.0 Å². The molecule has 0 atom stereocenters. The number of aliphatic hydroxyl groups is 2. The third-order valence-electron chi connectivity index (χ3n) is 4.38. The highest BCUT2D eigenvalue weighted by molar-refractivity contribution is 5.64. The van der Waals surface area contributed by atoms with Gasteiger partial charge in [-0.15, -0.1) is 0 Å². The molecule has 5 N–H and O–H groups in total. The van der Waals surface area contributed by atoms with Crippen molar-refractivity contribution in [3.63, 3.8) is 0 Å². The second-order valence-corrected chi connectivity index (χ2v) is 6.21. The molecular formula is C16H16FN7O4. The number of aryl methyl sites for hydroxylation is 1. The molecule has 2 aromatic heterocycles. The number of ether oxygens (including phenoxy) is 1.